The Morgan fingerprint density at radius 3 is 2.62 bits per heavy atom. The Morgan fingerprint density at radius 2 is 2.15 bits per heavy atom. The largest absolute Gasteiger partial charge is 0.471 e. The zero-order valence-corrected chi connectivity index (χ0v) is 6.35. The van der Waals surface area contributed by atoms with Gasteiger partial charge in [0.1, 0.15) is 0 Å². The van der Waals surface area contributed by atoms with Gasteiger partial charge in [-0.25, -0.2) is 0 Å². The molecule has 0 saturated carbocycles. The van der Waals surface area contributed by atoms with E-state index in [9.17, 15) is 18.0 Å². The molecular formula is C8H5F3NO. The van der Waals surface area contributed by atoms with E-state index in [0.717, 1.165) is 0 Å². The van der Waals surface area contributed by atoms with Gasteiger partial charge in [-0.3, -0.25) is 4.79 Å². The molecule has 0 saturated heterocycles. The lowest BCUT2D eigenvalue weighted by Gasteiger charge is -2.06. The number of alkyl halides is 3. The third-order valence-corrected chi connectivity index (χ3v) is 1.22. The molecule has 69 valence electrons. The summed E-state index contributed by atoms with van der Waals surface area (Å²) >= 11 is 0. The van der Waals surface area contributed by atoms with Crippen molar-refractivity contribution in [1.29, 1.82) is 0 Å². The number of amides is 1. The van der Waals surface area contributed by atoms with E-state index in [-0.39, 0.29) is 5.69 Å². The van der Waals surface area contributed by atoms with E-state index in [4.69, 9.17) is 0 Å². The van der Waals surface area contributed by atoms with Gasteiger partial charge >= 0.3 is 12.1 Å². The molecule has 13 heavy (non-hydrogen) atoms. The molecule has 0 aliphatic carbocycles. The van der Waals surface area contributed by atoms with Gasteiger partial charge in [0.25, 0.3) is 0 Å². The number of halogens is 3. The zero-order chi connectivity index (χ0) is 9.90. The van der Waals surface area contributed by atoms with Crippen LogP contribution in [-0.4, -0.2) is 12.1 Å². The van der Waals surface area contributed by atoms with Crippen LogP contribution in [0.2, 0.25) is 0 Å². The Hall–Kier alpha value is -1.52. The van der Waals surface area contributed by atoms with Crippen molar-refractivity contribution >= 4 is 11.6 Å². The van der Waals surface area contributed by atoms with Crippen molar-refractivity contribution in [2.75, 3.05) is 5.32 Å². The fourth-order valence-electron chi connectivity index (χ4n) is 0.673. The van der Waals surface area contributed by atoms with Gasteiger partial charge in [0.15, 0.2) is 0 Å². The first-order valence-electron chi connectivity index (χ1n) is 3.34. The standard InChI is InChI=1S/C8H5F3NO/c9-8(10,11)7(13)12-6-4-2-1-3-5-6/h1-2,4-5H,(H,12,13). The van der Waals surface area contributed by atoms with Gasteiger partial charge in [-0.1, -0.05) is 12.1 Å². The highest BCUT2D eigenvalue weighted by molar-refractivity contribution is 5.94. The Balaban J connectivity index is 2.66. The van der Waals surface area contributed by atoms with Gasteiger partial charge in [-0.2, -0.15) is 13.2 Å². The average Bonchev–Trinajstić information content (AvgIpc) is 2.04. The molecule has 0 aliphatic rings. The molecule has 5 heteroatoms. The highest BCUT2D eigenvalue weighted by atomic mass is 19.4. The van der Waals surface area contributed by atoms with Gasteiger partial charge < -0.3 is 5.32 Å². The number of rotatable bonds is 1. The summed E-state index contributed by atoms with van der Waals surface area (Å²) in [7, 11) is 0. The maximum absolute atomic E-state index is 11.7. The Labute approximate surface area is 72.4 Å². The zero-order valence-electron chi connectivity index (χ0n) is 6.35. The van der Waals surface area contributed by atoms with Crippen LogP contribution in [0.15, 0.2) is 24.3 Å². The summed E-state index contributed by atoms with van der Waals surface area (Å²) in [6.45, 7) is 0. The number of carbonyl (C=O) groups excluding carboxylic acids is 1. The van der Waals surface area contributed by atoms with E-state index in [1.54, 1.807) is 5.32 Å². The van der Waals surface area contributed by atoms with Crippen LogP contribution in [0.3, 0.4) is 0 Å². The van der Waals surface area contributed by atoms with Gasteiger partial charge in [-0.05, 0) is 18.2 Å². The van der Waals surface area contributed by atoms with Gasteiger partial charge in [0, 0.05) is 5.69 Å². The summed E-state index contributed by atoms with van der Waals surface area (Å²) in [5.41, 5.74) is 0.0739. The average molecular weight is 188 g/mol. The third kappa shape index (κ3) is 2.77. The lowest BCUT2D eigenvalue weighted by Crippen LogP contribution is -2.29. The number of nitrogens with one attached hydrogen (secondary N) is 1. The summed E-state index contributed by atoms with van der Waals surface area (Å²) in [6.07, 6.45) is -4.85. The second-order valence-electron chi connectivity index (χ2n) is 2.24. The van der Waals surface area contributed by atoms with Crippen LogP contribution in [0.1, 0.15) is 0 Å². The van der Waals surface area contributed by atoms with Crippen LogP contribution in [0.5, 0.6) is 0 Å². The second kappa shape index (κ2) is 3.47. The number of anilines is 1. The molecule has 1 radical (unpaired) electrons. The van der Waals surface area contributed by atoms with Crippen molar-refractivity contribution < 1.29 is 18.0 Å². The highest BCUT2D eigenvalue weighted by Crippen LogP contribution is 2.17. The second-order valence-corrected chi connectivity index (χ2v) is 2.24. The van der Waals surface area contributed by atoms with Gasteiger partial charge in [0.05, 0.1) is 0 Å². The smallest absolute Gasteiger partial charge is 0.318 e. The normalized spacial score (nSPS) is 11.0. The molecule has 0 aliphatic heterocycles. The molecule has 2 nitrogen and oxygen atoms in total. The minimum Gasteiger partial charge on any atom is -0.318 e. The Kier molecular flexibility index (Phi) is 2.55. The van der Waals surface area contributed by atoms with Crippen molar-refractivity contribution in [3.05, 3.63) is 30.3 Å². The van der Waals surface area contributed by atoms with Crippen LogP contribution in [-0.2, 0) is 4.79 Å². The van der Waals surface area contributed by atoms with Crippen molar-refractivity contribution in [2.45, 2.75) is 6.18 Å². The molecule has 0 spiro atoms. The van der Waals surface area contributed by atoms with Crippen LogP contribution in [0, 0.1) is 6.07 Å². The summed E-state index contributed by atoms with van der Waals surface area (Å²) in [6, 6.07) is 8.13. The fraction of sp³-hybridized carbons (Fsp3) is 0.125. The predicted octanol–water partition coefficient (Wildman–Crippen LogP) is 1.99. The monoisotopic (exact) mass is 188 g/mol. The van der Waals surface area contributed by atoms with E-state index in [0.29, 0.717) is 0 Å². The number of benzene rings is 1. The molecular weight excluding hydrogens is 183 g/mol. The maximum Gasteiger partial charge on any atom is 0.471 e. The molecule has 0 bridgehead atoms. The topological polar surface area (TPSA) is 29.1 Å². The molecule has 0 fully saturated rings. The summed E-state index contributed by atoms with van der Waals surface area (Å²) in [5, 5.41) is 1.69. The summed E-state index contributed by atoms with van der Waals surface area (Å²) < 4.78 is 35.1. The van der Waals surface area contributed by atoms with Crippen molar-refractivity contribution in [3.63, 3.8) is 0 Å². The van der Waals surface area contributed by atoms with Crippen LogP contribution in [0.4, 0.5) is 18.9 Å². The predicted molar refractivity (Wildman–Crippen MR) is 40.0 cm³/mol. The lowest BCUT2D eigenvalue weighted by atomic mass is 10.3. The molecule has 1 N–H and O–H groups in total. The SMILES string of the molecule is O=C(Nc1c[c]ccc1)C(F)(F)F. The van der Waals surface area contributed by atoms with E-state index in [1.165, 1.54) is 24.3 Å². The van der Waals surface area contributed by atoms with Crippen LogP contribution < -0.4 is 5.32 Å². The van der Waals surface area contributed by atoms with Crippen molar-refractivity contribution in [3.8, 4) is 0 Å². The first kappa shape index (κ1) is 9.57. The van der Waals surface area contributed by atoms with E-state index in [2.05, 4.69) is 6.07 Å². The van der Waals surface area contributed by atoms with Crippen LogP contribution >= 0.6 is 0 Å². The molecule has 1 aromatic carbocycles. The first-order chi connectivity index (χ1) is 6.00. The minimum absolute atomic E-state index is 0.0739. The molecule has 1 amide bonds. The highest BCUT2D eigenvalue weighted by Gasteiger charge is 2.38. The quantitative estimate of drug-likeness (QED) is 0.717. The van der Waals surface area contributed by atoms with E-state index in [1.807, 2.05) is 0 Å². The molecule has 1 aromatic rings. The summed E-state index contributed by atoms with van der Waals surface area (Å²) in [4.78, 5) is 10.4. The molecule has 0 aromatic heterocycles. The van der Waals surface area contributed by atoms with Gasteiger partial charge in [0.2, 0.25) is 0 Å². The summed E-state index contributed by atoms with van der Waals surface area (Å²) in [5.74, 6) is -1.98. The number of hydrogen-bond acceptors (Lipinski definition) is 1. The van der Waals surface area contributed by atoms with E-state index < -0.39 is 12.1 Å². The third-order valence-electron chi connectivity index (χ3n) is 1.22. The Bertz CT molecular complexity index is 294. The fourth-order valence-corrected chi connectivity index (χ4v) is 0.673. The molecule has 0 heterocycles. The van der Waals surface area contributed by atoms with E-state index >= 15 is 0 Å². The number of carbonyl (C=O) groups is 1. The minimum atomic E-state index is -4.85. The molecule has 0 atom stereocenters. The number of hydrogen-bond donors (Lipinski definition) is 1. The molecule has 0 unspecified atom stereocenters. The maximum atomic E-state index is 11.7. The van der Waals surface area contributed by atoms with Crippen molar-refractivity contribution in [2.24, 2.45) is 0 Å². The van der Waals surface area contributed by atoms with Crippen LogP contribution in [0.25, 0.3) is 0 Å². The van der Waals surface area contributed by atoms with Gasteiger partial charge in [-0.15, -0.1) is 0 Å². The van der Waals surface area contributed by atoms with Crippen molar-refractivity contribution in [1.82, 2.24) is 0 Å². The lowest BCUT2D eigenvalue weighted by molar-refractivity contribution is -0.167. The Morgan fingerprint density at radius 1 is 1.46 bits per heavy atom. The first-order valence-corrected chi connectivity index (χ1v) is 3.34. The molecule has 1 rings (SSSR count).